The van der Waals surface area contributed by atoms with Crippen LogP contribution in [0.4, 0.5) is 0 Å². The van der Waals surface area contributed by atoms with E-state index < -0.39 is 0 Å². The molecule has 0 aliphatic rings. The van der Waals surface area contributed by atoms with Crippen molar-refractivity contribution in [3.05, 3.63) is 0 Å². The Bertz CT molecular complexity index is 200. The summed E-state index contributed by atoms with van der Waals surface area (Å²) in [4.78, 5) is 0. The smallest absolute Gasteiger partial charge is 0.0786 e. The van der Waals surface area contributed by atoms with Crippen LogP contribution in [0.3, 0.4) is 0 Å². The van der Waals surface area contributed by atoms with Gasteiger partial charge in [-0.25, -0.2) is 0 Å². The van der Waals surface area contributed by atoms with Crippen LogP contribution in [-0.4, -0.2) is 30.7 Å². The van der Waals surface area contributed by atoms with Crippen molar-refractivity contribution in [3.8, 4) is 0 Å². The minimum atomic E-state index is 1.34. The molecule has 140 valence electrons. The Hall–Kier alpha value is -0.0400. The number of hydrogen-bond donors (Lipinski definition) is 0. The lowest BCUT2D eigenvalue weighted by Gasteiger charge is -2.37. The molecule has 0 aromatic rings. The van der Waals surface area contributed by atoms with E-state index in [4.69, 9.17) is 0 Å². The van der Waals surface area contributed by atoms with E-state index in [-0.39, 0.29) is 0 Å². The summed E-state index contributed by atoms with van der Waals surface area (Å²) in [6.07, 6.45) is 20.2. The summed E-state index contributed by atoms with van der Waals surface area (Å²) in [5, 5.41) is 0. The van der Waals surface area contributed by atoms with Crippen molar-refractivity contribution in [2.75, 3.05) is 26.2 Å². The fraction of sp³-hybridized carbons (Fsp3) is 1.00. The number of nitrogens with zero attached hydrogens (tertiary/aromatic N) is 1. The Kier molecular flexibility index (Phi) is 16.8. The third kappa shape index (κ3) is 13.0. The standard InChI is InChI=1S/C22H48N/c1-5-9-11-13-15-17-19-21-23(7-3,8-4)22-20-18-16-14-12-10-6-2/h5-22H2,1-4H3/q+1. The molecule has 0 unspecified atom stereocenters. The average molecular weight is 327 g/mol. The summed E-state index contributed by atoms with van der Waals surface area (Å²) in [6, 6.07) is 0. The highest BCUT2D eigenvalue weighted by molar-refractivity contribution is 4.50. The fourth-order valence-electron chi connectivity index (χ4n) is 3.78. The van der Waals surface area contributed by atoms with Crippen LogP contribution in [0.25, 0.3) is 0 Å². The van der Waals surface area contributed by atoms with Gasteiger partial charge in [0.2, 0.25) is 0 Å². The maximum absolute atomic E-state index is 2.41. The molecule has 0 rings (SSSR count). The predicted octanol–water partition coefficient (Wildman–Crippen LogP) is 7.34. The van der Waals surface area contributed by atoms with Crippen LogP contribution in [0, 0.1) is 0 Å². The molecule has 0 aliphatic heterocycles. The van der Waals surface area contributed by atoms with Crippen molar-refractivity contribution in [3.63, 3.8) is 0 Å². The van der Waals surface area contributed by atoms with Crippen molar-refractivity contribution in [1.82, 2.24) is 0 Å². The van der Waals surface area contributed by atoms with E-state index in [2.05, 4.69) is 27.7 Å². The van der Waals surface area contributed by atoms with Crippen LogP contribution in [0.5, 0.6) is 0 Å². The molecule has 0 aliphatic carbocycles. The topological polar surface area (TPSA) is 0 Å². The molecule has 0 aromatic heterocycles. The third-order valence-corrected chi connectivity index (χ3v) is 5.81. The summed E-state index contributed by atoms with van der Waals surface area (Å²) in [6.45, 7) is 15.0. The molecule has 0 radical (unpaired) electrons. The zero-order chi connectivity index (χ0) is 17.2. The van der Waals surface area contributed by atoms with Gasteiger partial charge in [-0.1, -0.05) is 78.1 Å². The van der Waals surface area contributed by atoms with Gasteiger partial charge in [0.05, 0.1) is 26.2 Å². The summed E-state index contributed by atoms with van der Waals surface area (Å²) < 4.78 is 1.38. The number of unbranched alkanes of at least 4 members (excludes halogenated alkanes) is 12. The lowest BCUT2D eigenvalue weighted by atomic mass is 10.1. The Morgan fingerprint density at radius 3 is 1.00 bits per heavy atom. The normalized spacial score (nSPS) is 12.0. The summed E-state index contributed by atoms with van der Waals surface area (Å²) in [5.41, 5.74) is 0. The molecular weight excluding hydrogens is 278 g/mol. The number of quaternary nitrogens is 1. The van der Waals surface area contributed by atoms with E-state index in [0.717, 1.165) is 0 Å². The monoisotopic (exact) mass is 326 g/mol. The summed E-state index contributed by atoms with van der Waals surface area (Å²) in [7, 11) is 0. The van der Waals surface area contributed by atoms with Gasteiger partial charge in [0.1, 0.15) is 0 Å². The molecule has 1 nitrogen and oxygen atoms in total. The molecule has 0 N–H and O–H groups in total. The van der Waals surface area contributed by atoms with Gasteiger partial charge < -0.3 is 4.48 Å². The second kappa shape index (κ2) is 16.8. The van der Waals surface area contributed by atoms with Crippen molar-refractivity contribution in [2.45, 2.75) is 118 Å². The second-order valence-corrected chi connectivity index (χ2v) is 7.66. The number of hydrogen-bond acceptors (Lipinski definition) is 0. The first-order valence-electron chi connectivity index (χ1n) is 11.1. The Morgan fingerprint density at radius 1 is 0.391 bits per heavy atom. The Balaban J connectivity index is 3.74. The first kappa shape index (κ1) is 23.0. The van der Waals surface area contributed by atoms with E-state index in [1.807, 2.05) is 0 Å². The van der Waals surface area contributed by atoms with Crippen LogP contribution in [0.1, 0.15) is 118 Å². The molecule has 0 spiro atoms. The largest absolute Gasteiger partial charge is 0.324 e. The Morgan fingerprint density at radius 2 is 0.696 bits per heavy atom. The lowest BCUT2D eigenvalue weighted by Crippen LogP contribution is -2.49. The molecule has 0 saturated carbocycles. The summed E-state index contributed by atoms with van der Waals surface area (Å²) in [5.74, 6) is 0. The molecule has 0 fully saturated rings. The van der Waals surface area contributed by atoms with Gasteiger partial charge in [0, 0.05) is 0 Å². The van der Waals surface area contributed by atoms with Gasteiger partial charge in [0.25, 0.3) is 0 Å². The molecule has 0 bridgehead atoms. The molecule has 0 heterocycles. The van der Waals surface area contributed by atoms with Crippen LogP contribution in [-0.2, 0) is 0 Å². The highest BCUT2D eigenvalue weighted by Crippen LogP contribution is 2.15. The maximum Gasteiger partial charge on any atom is 0.0786 e. The van der Waals surface area contributed by atoms with Crippen molar-refractivity contribution in [2.24, 2.45) is 0 Å². The highest BCUT2D eigenvalue weighted by atomic mass is 15.3. The van der Waals surface area contributed by atoms with E-state index in [1.54, 1.807) is 0 Å². The molecule has 0 saturated heterocycles. The lowest BCUT2D eigenvalue weighted by molar-refractivity contribution is -0.925. The van der Waals surface area contributed by atoms with Gasteiger partial charge in [-0.15, -0.1) is 0 Å². The van der Waals surface area contributed by atoms with Crippen molar-refractivity contribution >= 4 is 0 Å². The highest BCUT2D eigenvalue weighted by Gasteiger charge is 2.21. The van der Waals surface area contributed by atoms with Gasteiger partial charge >= 0.3 is 0 Å². The quantitative estimate of drug-likeness (QED) is 0.182. The van der Waals surface area contributed by atoms with E-state index in [1.165, 1.54) is 121 Å². The van der Waals surface area contributed by atoms with Crippen molar-refractivity contribution in [1.29, 1.82) is 0 Å². The molecule has 23 heavy (non-hydrogen) atoms. The Labute approximate surface area is 148 Å². The fourth-order valence-corrected chi connectivity index (χ4v) is 3.78. The predicted molar refractivity (Wildman–Crippen MR) is 107 cm³/mol. The van der Waals surface area contributed by atoms with E-state index >= 15 is 0 Å². The summed E-state index contributed by atoms with van der Waals surface area (Å²) >= 11 is 0. The minimum absolute atomic E-state index is 1.34. The second-order valence-electron chi connectivity index (χ2n) is 7.66. The molecule has 1 heteroatoms. The van der Waals surface area contributed by atoms with Crippen LogP contribution >= 0.6 is 0 Å². The average Bonchev–Trinajstić information content (AvgIpc) is 2.58. The molecule has 0 aromatic carbocycles. The third-order valence-electron chi connectivity index (χ3n) is 5.81. The minimum Gasteiger partial charge on any atom is -0.324 e. The zero-order valence-corrected chi connectivity index (χ0v) is 17.2. The first-order valence-corrected chi connectivity index (χ1v) is 11.1. The number of rotatable bonds is 18. The van der Waals surface area contributed by atoms with E-state index in [9.17, 15) is 0 Å². The SMILES string of the molecule is CCCCCCCCC[N+](CC)(CC)CCCCCCCCC. The zero-order valence-electron chi connectivity index (χ0n) is 17.2. The van der Waals surface area contributed by atoms with Gasteiger partial charge in [-0.3, -0.25) is 0 Å². The molecule has 0 atom stereocenters. The molecular formula is C22H48N+. The van der Waals surface area contributed by atoms with Crippen LogP contribution in [0.2, 0.25) is 0 Å². The van der Waals surface area contributed by atoms with Gasteiger partial charge in [-0.2, -0.15) is 0 Å². The first-order chi connectivity index (χ1) is 11.2. The van der Waals surface area contributed by atoms with Gasteiger partial charge in [0.15, 0.2) is 0 Å². The van der Waals surface area contributed by atoms with Crippen molar-refractivity contribution < 1.29 is 4.48 Å². The van der Waals surface area contributed by atoms with Gasteiger partial charge in [-0.05, 0) is 39.5 Å². The molecule has 0 amide bonds. The van der Waals surface area contributed by atoms with E-state index in [0.29, 0.717) is 0 Å². The van der Waals surface area contributed by atoms with Crippen LogP contribution in [0.15, 0.2) is 0 Å². The maximum atomic E-state index is 2.41. The van der Waals surface area contributed by atoms with Crippen LogP contribution < -0.4 is 0 Å².